The predicted octanol–water partition coefficient (Wildman–Crippen LogP) is 4.14. The lowest BCUT2D eigenvalue weighted by molar-refractivity contribution is -0.148. The molecule has 5 nitrogen and oxygen atoms in total. The summed E-state index contributed by atoms with van der Waals surface area (Å²) in [6, 6.07) is 10.1. The van der Waals surface area contributed by atoms with E-state index in [1.54, 1.807) is 11.3 Å². The Kier molecular flexibility index (Phi) is 4.84. The number of hydrogen-bond donors (Lipinski definition) is 0. The summed E-state index contributed by atoms with van der Waals surface area (Å²) in [5.41, 5.74) is 1.96. The third-order valence-corrected chi connectivity index (χ3v) is 5.39. The van der Waals surface area contributed by atoms with Crippen molar-refractivity contribution in [3.63, 3.8) is 0 Å². The van der Waals surface area contributed by atoms with Gasteiger partial charge in [0.2, 0.25) is 0 Å². The van der Waals surface area contributed by atoms with E-state index in [2.05, 4.69) is 16.3 Å². The molecule has 0 N–H and O–H groups in total. The molecule has 1 atom stereocenters. The van der Waals surface area contributed by atoms with E-state index in [1.165, 1.54) is 0 Å². The first-order valence-corrected chi connectivity index (χ1v) is 9.91. The molecule has 0 unspecified atom stereocenters. The average Bonchev–Trinajstić information content (AvgIpc) is 3.22. The minimum Gasteiger partial charge on any atom is -0.466 e. The number of carbonyl (C=O) groups excluding carboxylic acids is 1. The van der Waals surface area contributed by atoms with E-state index in [9.17, 15) is 4.79 Å². The summed E-state index contributed by atoms with van der Waals surface area (Å²) in [4.78, 5) is 24.0. The Morgan fingerprint density at radius 2 is 2.19 bits per heavy atom. The first kappa shape index (κ1) is 17.0. The fourth-order valence-corrected chi connectivity index (χ4v) is 4.08. The van der Waals surface area contributed by atoms with Crippen LogP contribution in [0.15, 0.2) is 41.1 Å². The van der Waals surface area contributed by atoms with Gasteiger partial charge in [0.25, 0.3) is 0 Å². The van der Waals surface area contributed by atoms with Crippen molar-refractivity contribution >= 4 is 34.0 Å². The highest BCUT2D eigenvalue weighted by molar-refractivity contribution is 7.08. The number of aromatic nitrogens is 2. The van der Waals surface area contributed by atoms with Crippen LogP contribution < -0.4 is 4.90 Å². The molecule has 0 aliphatic carbocycles. The molecule has 0 radical (unpaired) electrons. The van der Waals surface area contributed by atoms with Crippen LogP contribution in [0.2, 0.25) is 0 Å². The molecule has 0 amide bonds. The number of thiophene rings is 1. The highest BCUT2D eigenvalue weighted by Gasteiger charge is 2.28. The van der Waals surface area contributed by atoms with Gasteiger partial charge in [-0.15, -0.1) is 0 Å². The first-order chi connectivity index (χ1) is 12.8. The number of rotatable bonds is 4. The Bertz CT molecular complexity index is 911. The van der Waals surface area contributed by atoms with Crippen molar-refractivity contribution in [2.45, 2.75) is 19.8 Å². The van der Waals surface area contributed by atoms with Crippen LogP contribution in [0.1, 0.15) is 19.8 Å². The fraction of sp³-hybridized carbons (Fsp3) is 0.350. The second-order valence-electron chi connectivity index (χ2n) is 6.44. The molecule has 3 aromatic rings. The smallest absolute Gasteiger partial charge is 0.310 e. The van der Waals surface area contributed by atoms with Gasteiger partial charge in [0, 0.05) is 29.4 Å². The van der Waals surface area contributed by atoms with Gasteiger partial charge in [0.1, 0.15) is 5.82 Å². The Balaban J connectivity index is 1.74. The van der Waals surface area contributed by atoms with Gasteiger partial charge in [0.05, 0.1) is 18.0 Å². The van der Waals surface area contributed by atoms with Gasteiger partial charge in [-0.3, -0.25) is 4.79 Å². The lowest BCUT2D eigenvalue weighted by Crippen LogP contribution is -2.40. The number of ether oxygens (including phenoxy) is 1. The van der Waals surface area contributed by atoms with Gasteiger partial charge in [-0.2, -0.15) is 11.3 Å². The van der Waals surface area contributed by atoms with Crippen LogP contribution in [-0.4, -0.2) is 35.6 Å². The largest absolute Gasteiger partial charge is 0.466 e. The molecular weight excluding hydrogens is 346 g/mol. The molecule has 1 saturated heterocycles. The molecule has 1 aliphatic rings. The van der Waals surface area contributed by atoms with Crippen molar-refractivity contribution < 1.29 is 9.53 Å². The number of hydrogen-bond acceptors (Lipinski definition) is 6. The monoisotopic (exact) mass is 367 g/mol. The van der Waals surface area contributed by atoms with Crippen LogP contribution in [0.4, 0.5) is 5.82 Å². The van der Waals surface area contributed by atoms with E-state index in [0.29, 0.717) is 13.2 Å². The maximum Gasteiger partial charge on any atom is 0.310 e. The molecule has 6 heteroatoms. The molecule has 0 spiro atoms. The minimum absolute atomic E-state index is 0.0953. The van der Waals surface area contributed by atoms with E-state index in [-0.39, 0.29) is 11.9 Å². The van der Waals surface area contributed by atoms with Crippen molar-refractivity contribution in [1.82, 2.24) is 9.97 Å². The van der Waals surface area contributed by atoms with Gasteiger partial charge in [-0.25, -0.2) is 9.97 Å². The Hall–Kier alpha value is -2.47. The number of para-hydroxylation sites is 1. The lowest BCUT2D eigenvalue weighted by atomic mass is 9.98. The summed E-state index contributed by atoms with van der Waals surface area (Å²) in [5, 5.41) is 5.12. The summed E-state index contributed by atoms with van der Waals surface area (Å²) >= 11 is 1.64. The Labute approximate surface area is 156 Å². The summed E-state index contributed by atoms with van der Waals surface area (Å²) in [6.07, 6.45) is 1.82. The van der Waals surface area contributed by atoms with E-state index in [1.807, 2.05) is 36.6 Å². The summed E-state index contributed by atoms with van der Waals surface area (Å²) in [5.74, 6) is 1.44. The predicted molar refractivity (Wildman–Crippen MR) is 104 cm³/mol. The highest BCUT2D eigenvalue weighted by Crippen LogP contribution is 2.31. The molecule has 0 bridgehead atoms. The molecule has 0 saturated carbocycles. The van der Waals surface area contributed by atoms with Crippen molar-refractivity contribution in [3.8, 4) is 11.4 Å². The lowest BCUT2D eigenvalue weighted by Gasteiger charge is -2.33. The van der Waals surface area contributed by atoms with Gasteiger partial charge in [-0.05, 0) is 43.3 Å². The first-order valence-electron chi connectivity index (χ1n) is 8.97. The van der Waals surface area contributed by atoms with Crippen molar-refractivity contribution in [3.05, 3.63) is 41.1 Å². The SMILES string of the molecule is CCOC(=O)[C@@H]1CCCN(c2nc(-c3ccsc3)nc3ccccc23)C1. The number of esters is 1. The van der Waals surface area contributed by atoms with E-state index in [0.717, 1.165) is 47.5 Å². The zero-order chi connectivity index (χ0) is 17.9. The summed E-state index contributed by atoms with van der Waals surface area (Å²) in [7, 11) is 0. The van der Waals surface area contributed by atoms with Crippen molar-refractivity contribution in [1.29, 1.82) is 0 Å². The van der Waals surface area contributed by atoms with Crippen molar-refractivity contribution in [2.24, 2.45) is 5.92 Å². The molecule has 134 valence electrons. The van der Waals surface area contributed by atoms with Crippen LogP contribution in [0.3, 0.4) is 0 Å². The Morgan fingerprint density at radius 1 is 1.31 bits per heavy atom. The van der Waals surface area contributed by atoms with Gasteiger partial charge >= 0.3 is 5.97 Å². The molecule has 1 aromatic carbocycles. The number of anilines is 1. The van der Waals surface area contributed by atoms with Gasteiger partial charge < -0.3 is 9.64 Å². The molecule has 1 aliphatic heterocycles. The average molecular weight is 367 g/mol. The van der Waals surface area contributed by atoms with Crippen molar-refractivity contribution in [2.75, 3.05) is 24.6 Å². The maximum atomic E-state index is 12.2. The van der Waals surface area contributed by atoms with E-state index in [4.69, 9.17) is 14.7 Å². The van der Waals surface area contributed by atoms with Crippen LogP contribution in [-0.2, 0) is 9.53 Å². The quantitative estimate of drug-likeness (QED) is 0.649. The number of nitrogens with zero attached hydrogens (tertiary/aromatic N) is 3. The second-order valence-corrected chi connectivity index (χ2v) is 7.22. The molecule has 3 heterocycles. The Morgan fingerprint density at radius 3 is 3.00 bits per heavy atom. The van der Waals surface area contributed by atoms with Gasteiger partial charge in [0.15, 0.2) is 5.82 Å². The second kappa shape index (κ2) is 7.41. The molecular formula is C20H21N3O2S. The number of carbonyl (C=O) groups is 1. The van der Waals surface area contributed by atoms with E-state index >= 15 is 0 Å². The molecule has 1 fully saturated rings. The maximum absolute atomic E-state index is 12.2. The standard InChI is InChI=1S/C20H21N3O2S/c1-2-25-20(24)14-6-5-10-23(12-14)19-16-7-3-4-8-17(16)21-18(22-19)15-9-11-26-13-15/h3-4,7-9,11,13-14H,2,5-6,10,12H2,1H3/t14-/m1/s1. The van der Waals surface area contributed by atoms with Crippen LogP contribution in [0.25, 0.3) is 22.3 Å². The summed E-state index contributed by atoms with van der Waals surface area (Å²) < 4.78 is 5.24. The summed E-state index contributed by atoms with van der Waals surface area (Å²) in [6.45, 7) is 3.81. The zero-order valence-electron chi connectivity index (χ0n) is 14.7. The normalized spacial score (nSPS) is 17.4. The third kappa shape index (κ3) is 3.29. The fourth-order valence-electron chi connectivity index (χ4n) is 3.44. The number of piperidine rings is 1. The topological polar surface area (TPSA) is 55.3 Å². The van der Waals surface area contributed by atoms with Crippen LogP contribution >= 0.6 is 11.3 Å². The van der Waals surface area contributed by atoms with E-state index < -0.39 is 0 Å². The number of fused-ring (bicyclic) bond motifs is 1. The van der Waals surface area contributed by atoms with Crippen LogP contribution in [0.5, 0.6) is 0 Å². The zero-order valence-corrected chi connectivity index (χ0v) is 15.5. The molecule has 26 heavy (non-hydrogen) atoms. The highest BCUT2D eigenvalue weighted by atomic mass is 32.1. The minimum atomic E-state index is -0.103. The molecule has 2 aromatic heterocycles. The molecule has 4 rings (SSSR count). The van der Waals surface area contributed by atoms with Gasteiger partial charge in [-0.1, -0.05) is 12.1 Å². The van der Waals surface area contributed by atoms with Crippen LogP contribution in [0, 0.1) is 5.92 Å². The third-order valence-electron chi connectivity index (χ3n) is 4.70. The number of benzene rings is 1.